The summed E-state index contributed by atoms with van der Waals surface area (Å²) in [6, 6.07) is 52.9. The Morgan fingerprint density at radius 3 is 1.04 bits per heavy atom. The third-order valence-corrected chi connectivity index (χ3v) is 7.67. The van der Waals surface area contributed by atoms with Gasteiger partial charge in [0.1, 0.15) is 0 Å². The number of nitrogens with zero attached hydrogens (tertiary/aromatic N) is 8. The van der Waals surface area contributed by atoms with Crippen molar-refractivity contribution in [3.63, 3.8) is 0 Å². The predicted molar refractivity (Wildman–Crippen MR) is 230 cm³/mol. The first-order valence-corrected chi connectivity index (χ1v) is 18.5. The first-order valence-electron chi connectivity index (χ1n) is 17.4. The molecule has 0 amide bonds. The van der Waals surface area contributed by atoms with Crippen molar-refractivity contribution in [2.75, 3.05) is 5.34 Å². The topological polar surface area (TPSA) is 105 Å². The standard InChI is InChI=1S/C26H22N4.C18H15N4.CH2Cl2.Re/c1-19-11-15-21(16-12-19)27-23-7-3-5-9-25(23)29-30-26-10-6-4-8-24(26)28-22-17-13-20(2)14-18-22;1-14-9-11-15(12-10-14)20-16-6-2-3-7-17(16)21-22-18-8-4-5-13-19-18;2-1-3;/h3-18H,1-2H3;2-13H,1H3;1H2;/q-2;-1;;. The number of pyridine rings is 1. The van der Waals surface area contributed by atoms with E-state index in [0.717, 1.165) is 34.1 Å². The smallest absolute Gasteiger partial charge is 0.174 e. The zero-order valence-corrected chi connectivity index (χ0v) is 35.3. The van der Waals surface area contributed by atoms with Gasteiger partial charge in [0, 0.05) is 26.6 Å². The van der Waals surface area contributed by atoms with Gasteiger partial charge < -0.3 is 16.0 Å². The second kappa shape index (κ2) is 23.3. The van der Waals surface area contributed by atoms with Crippen molar-refractivity contribution in [1.29, 1.82) is 0 Å². The summed E-state index contributed by atoms with van der Waals surface area (Å²) in [6.45, 7) is 6.18. The summed E-state index contributed by atoms with van der Waals surface area (Å²) in [4.78, 5) is 4.13. The molecule has 0 bridgehead atoms. The van der Waals surface area contributed by atoms with Crippen LogP contribution in [0.5, 0.6) is 0 Å². The van der Waals surface area contributed by atoms with E-state index in [1.807, 2.05) is 164 Å². The summed E-state index contributed by atoms with van der Waals surface area (Å²) in [5.74, 6) is 0.577. The third-order valence-electron chi connectivity index (χ3n) is 7.67. The van der Waals surface area contributed by atoms with Crippen LogP contribution >= 0.6 is 23.2 Å². The molecular weight excluding hydrogens is 910 g/mol. The number of hydrogen-bond donors (Lipinski definition) is 0. The Kier molecular flexibility index (Phi) is 17.9. The normalized spacial score (nSPS) is 10.4. The fourth-order valence-corrected chi connectivity index (χ4v) is 4.83. The van der Waals surface area contributed by atoms with Gasteiger partial charge >= 0.3 is 0 Å². The molecule has 0 saturated carbocycles. The van der Waals surface area contributed by atoms with Crippen molar-refractivity contribution in [2.45, 2.75) is 20.8 Å². The van der Waals surface area contributed by atoms with Crippen LogP contribution in [0.1, 0.15) is 16.7 Å². The van der Waals surface area contributed by atoms with Gasteiger partial charge in [-0.1, -0.05) is 150 Å². The molecule has 0 atom stereocenters. The molecule has 0 aliphatic carbocycles. The van der Waals surface area contributed by atoms with E-state index >= 15 is 0 Å². The summed E-state index contributed by atoms with van der Waals surface area (Å²) in [6.07, 6.45) is 1.69. The van der Waals surface area contributed by atoms with Crippen molar-refractivity contribution in [3.8, 4) is 0 Å². The van der Waals surface area contributed by atoms with Crippen LogP contribution in [0.15, 0.2) is 190 Å². The molecule has 0 fully saturated rings. The minimum Gasteiger partial charge on any atom is -0.656 e. The maximum atomic E-state index is 4.76. The minimum atomic E-state index is 0. The third kappa shape index (κ3) is 14.2. The molecule has 1 radical (unpaired) electrons. The monoisotopic (exact) mass is 948 g/mol. The van der Waals surface area contributed by atoms with Crippen LogP contribution in [-0.4, -0.2) is 10.3 Å². The van der Waals surface area contributed by atoms with Gasteiger partial charge in [-0.3, -0.25) is 0 Å². The number of halogens is 2. The average molecular weight is 949 g/mol. The molecule has 0 aliphatic rings. The van der Waals surface area contributed by atoms with E-state index in [1.54, 1.807) is 6.20 Å². The van der Waals surface area contributed by atoms with Crippen LogP contribution < -0.4 is 0 Å². The van der Waals surface area contributed by atoms with Crippen molar-refractivity contribution >= 4 is 80.2 Å². The number of azo groups is 2. The number of hydrogen-bond acceptors (Lipinski definition) is 5. The maximum Gasteiger partial charge on any atom is 0.174 e. The largest absolute Gasteiger partial charge is 0.656 e. The van der Waals surface area contributed by atoms with Crippen molar-refractivity contribution < 1.29 is 20.4 Å². The molecule has 0 saturated heterocycles. The van der Waals surface area contributed by atoms with E-state index in [2.05, 4.69) is 51.5 Å². The summed E-state index contributed by atoms with van der Waals surface area (Å²) in [5, 5.41) is 31.6. The van der Waals surface area contributed by atoms with E-state index in [0.29, 0.717) is 22.9 Å². The van der Waals surface area contributed by atoms with Crippen LogP contribution in [0.25, 0.3) is 16.0 Å². The van der Waals surface area contributed by atoms with Gasteiger partial charge in [-0.15, -0.1) is 62.4 Å². The number of alkyl halides is 2. The molecule has 6 aromatic carbocycles. The Morgan fingerprint density at radius 2 is 0.714 bits per heavy atom. The maximum absolute atomic E-state index is 4.76. The van der Waals surface area contributed by atoms with Gasteiger partial charge in [-0.2, -0.15) is 15.3 Å². The molecule has 1 heterocycles. The molecule has 0 N–H and O–H groups in total. The van der Waals surface area contributed by atoms with Gasteiger partial charge in [0.25, 0.3) is 0 Å². The number of rotatable bonds is 10. The van der Waals surface area contributed by atoms with Gasteiger partial charge in [0.05, 0.1) is 22.4 Å². The molecule has 283 valence electrons. The first-order chi connectivity index (χ1) is 26.9. The zero-order chi connectivity index (χ0) is 38.7. The Morgan fingerprint density at radius 1 is 0.411 bits per heavy atom. The number of para-hydroxylation sites is 3. The Hall–Kier alpha value is -5.69. The van der Waals surface area contributed by atoms with Crippen LogP contribution in [0.3, 0.4) is 0 Å². The Labute approximate surface area is 352 Å². The molecule has 56 heavy (non-hydrogen) atoms. The quantitative estimate of drug-likeness (QED) is 0.0989. The van der Waals surface area contributed by atoms with Crippen molar-refractivity contribution in [1.82, 2.24) is 4.98 Å². The van der Waals surface area contributed by atoms with Gasteiger partial charge in [-0.25, -0.2) is 4.98 Å². The Bertz CT molecular complexity index is 2170. The second-order valence-electron chi connectivity index (χ2n) is 12.0. The van der Waals surface area contributed by atoms with Gasteiger partial charge in [0.15, 0.2) is 5.82 Å². The van der Waals surface area contributed by atoms with E-state index in [4.69, 9.17) is 33.8 Å². The summed E-state index contributed by atoms with van der Waals surface area (Å²) >= 11 is 9.53. The average Bonchev–Trinajstić information content (AvgIpc) is 3.21. The summed E-state index contributed by atoms with van der Waals surface area (Å²) in [5.41, 5.74) is 10.8. The molecule has 7 aromatic rings. The number of benzene rings is 6. The van der Waals surface area contributed by atoms with Crippen LogP contribution in [0.2, 0.25) is 0 Å². The van der Waals surface area contributed by atoms with Crippen LogP contribution in [0.4, 0.5) is 57.0 Å². The molecule has 0 unspecified atom stereocenters. The SMILES string of the molecule is Cc1ccc([N-]c2ccccc2N=Nc2ccccc2[N-]c2ccc(C)cc2)cc1.Cc1ccc([N-]c2ccccc2N=Nc2ccccn2)cc1.ClCCl.[Re]. The van der Waals surface area contributed by atoms with Crippen molar-refractivity contribution in [3.05, 3.63) is 203 Å². The molecule has 11 heteroatoms. The summed E-state index contributed by atoms with van der Waals surface area (Å²) < 4.78 is 0. The zero-order valence-electron chi connectivity index (χ0n) is 31.1. The number of aromatic nitrogens is 1. The predicted octanol–water partition coefficient (Wildman–Crippen LogP) is 17.0. The molecule has 0 spiro atoms. The van der Waals surface area contributed by atoms with Gasteiger partial charge in [0.2, 0.25) is 0 Å². The summed E-state index contributed by atoms with van der Waals surface area (Å²) in [7, 11) is 0. The van der Waals surface area contributed by atoms with Crippen molar-refractivity contribution in [2.24, 2.45) is 20.5 Å². The first kappa shape index (κ1) is 43.0. The Balaban J connectivity index is 0.000000238. The molecule has 7 rings (SSSR count). The second-order valence-corrected chi connectivity index (χ2v) is 12.8. The molecule has 1 aromatic heterocycles. The number of aryl methyl sites for hydroxylation is 3. The van der Waals surface area contributed by atoms with E-state index in [-0.39, 0.29) is 25.8 Å². The fourth-order valence-electron chi connectivity index (χ4n) is 4.83. The van der Waals surface area contributed by atoms with Crippen LogP contribution in [0, 0.1) is 20.8 Å². The van der Waals surface area contributed by atoms with E-state index < -0.39 is 0 Å². The molecule has 8 nitrogen and oxygen atoms in total. The fraction of sp³-hybridized carbons (Fsp3) is 0.0889. The van der Waals surface area contributed by atoms with E-state index in [1.165, 1.54) is 16.7 Å². The minimum absolute atomic E-state index is 0. The molecule has 0 aliphatic heterocycles. The van der Waals surface area contributed by atoms with Gasteiger partial charge in [-0.05, 0) is 51.1 Å². The van der Waals surface area contributed by atoms with Crippen LogP contribution in [-0.2, 0) is 20.4 Å². The van der Waals surface area contributed by atoms with E-state index in [9.17, 15) is 0 Å². The molecular formula is C45H39Cl2N8Re-3.